The van der Waals surface area contributed by atoms with Crippen LogP contribution < -0.4 is 4.74 Å². The summed E-state index contributed by atoms with van der Waals surface area (Å²) < 4.78 is 10.9. The summed E-state index contributed by atoms with van der Waals surface area (Å²) in [5, 5.41) is 11.1. The van der Waals surface area contributed by atoms with Gasteiger partial charge in [0.15, 0.2) is 0 Å². The van der Waals surface area contributed by atoms with Crippen LogP contribution in [0.15, 0.2) is 71.1 Å². The van der Waals surface area contributed by atoms with Crippen molar-refractivity contribution >= 4 is 17.4 Å². The molecule has 1 amide bonds. The summed E-state index contributed by atoms with van der Waals surface area (Å²) >= 11 is 0. The molecule has 7 nitrogen and oxygen atoms in total. The molecule has 3 aromatic rings. The highest BCUT2D eigenvalue weighted by Crippen LogP contribution is 2.40. The maximum atomic E-state index is 13.0. The minimum Gasteiger partial charge on any atom is -0.507 e. The lowest BCUT2D eigenvalue weighted by molar-refractivity contribution is -0.140. The average Bonchev–Trinajstić information content (AvgIpc) is 3.50. The van der Waals surface area contributed by atoms with Gasteiger partial charge < -0.3 is 19.2 Å². The lowest BCUT2D eigenvalue weighted by Crippen LogP contribution is -2.29. The molecule has 2 aliphatic rings. The lowest BCUT2D eigenvalue weighted by atomic mass is 9.95. The summed E-state index contributed by atoms with van der Waals surface area (Å²) in [6, 6.07) is 11.5. The largest absolute Gasteiger partial charge is 0.507 e. The first-order valence-corrected chi connectivity index (χ1v) is 9.60. The van der Waals surface area contributed by atoms with E-state index in [1.165, 1.54) is 11.2 Å². The van der Waals surface area contributed by atoms with Gasteiger partial charge in [0, 0.05) is 24.4 Å². The van der Waals surface area contributed by atoms with E-state index in [2.05, 4.69) is 4.98 Å². The SMILES string of the molecule is O=C1C(=O)N(Cc2ccco2)C(c2ccncc2)/C1=C(/O)c1ccc2c(c1)CCO2. The molecule has 0 spiro atoms. The van der Waals surface area contributed by atoms with Gasteiger partial charge in [-0.3, -0.25) is 14.6 Å². The van der Waals surface area contributed by atoms with Gasteiger partial charge in [0.25, 0.3) is 11.7 Å². The van der Waals surface area contributed by atoms with Crippen LogP contribution in [0.2, 0.25) is 0 Å². The Labute approximate surface area is 172 Å². The number of ketones is 1. The fraction of sp³-hybridized carbons (Fsp3) is 0.174. The number of carbonyl (C=O) groups excluding carboxylic acids is 2. The van der Waals surface area contributed by atoms with Gasteiger partial charge in [-0.15, -0.1) is 0 Å². The van der Waals surface area contributed by atoms with Gasteiger partial charge in [-0.05, 0) is 53.6 Å². The van der Waals surface area contributed by atoms with Crippen LogP contribution >= 0.6 is 0 Å². The summed E-state index contributed by atoms with van der Waals surface area (Å²) in [4.78, 5) is 31.3. The van der Waals surface area contributed by atoms with Crippen LogP contribution in [0.5, 0.6) is 5.75 Å². The van der Waals surface area contributed by atoms with E-state index in [-0.39, 0.29) is 17.9 Å². The van der Waals surface area contributed by atoms with Gasteiger partial charge in [-0.1, -0.05) is 0 Å². The van der Waals surface area contributed by atoms with Gasteiger partial charge in [0.05, 0.1) is 31.0 Å². The molecule has 1 fully saturated rings. The third-order valence-electron chi connectivity index (χ3n) is 5.43. The van der Waals surface area contributed by atoms with E-state index in [1.54, 1.807) is 54.9 Å². The summed E-state index contributed by atoms with van der Waals surface area (Å²) in [6.07, 6.45) is 5.43. The quantitative estimate of drug-likeness (QED) is 0.409. The molecule has 5 rings (SSSR count). The number of furan rings is 1. The van der Waals surface area contributed by atoms with Crippen molar-refractivity contribution in [3.05, 3.63) is 89.1 Å². The first-order chi connectivity index (χ1) is 14.6. The van der Waals surface area contributed by atoms with Crippen molar-refractivity contribution in [3.8, 4) is 5.75 Å². The van der Waals surface area contributed by atoms with Crippen LogP contribution in [0.25, 0.3) is 5.76 Å². The van der Waals surface area contributed by atoms with Crippen LogP contribution in [0.3, 0.4) is 0 Å². The number of hydrogen-bond acceptors (Lipinski definition) is 6. The van der Waals surface area contributed by atoms with Crippen LogP contribution in [0.4, 0.5) is 0 Å². The molecule has 30 heavy (non-hydrogen) atoms. The van der Waals surface area contributed by atoms with E-state index in [0.29, 0.717) is 23.5 Å². The van der Waals surface area contributed by atoms with Crippen molar-refractivity contribution in [2.24, 2.45) is 0 Å². The van der Waals surface area contributed by atoms with Gasteiger partial charge >= 0.3 is 0 Å². The number of likely N-dealkylation sites (tertiary alicyclic amines) is 1. The third-order valence-corrected chi connectivity index (χ3v) is 5.43. The Morgan fingerprint density at radius 3 is 2.77 bits per heavy atom. The number of hydrogen-bond donors (Lipinski definition) is 1. The number of aromatic nitrogens is 1. The third kappa shape index (κ3) is 2.95. The molecule has 7 heteroatoms. The number of amides is 1. The van der Waals surface area contributed by atoms with E-state index in [0.717, 1.165) is 17.7 Å². The molecule has 0 radical (unpaired) electrons. The molecule has 1 atom stereocenters. The van der Waals surface area contributed by atoms with Gasteiger partial charge in [-0.25, -0.2) is 0 Å². The summed E-state index contributed by atoms with van der Waals surface area (Å²) in [5.74, 6) is -0.287. The molecule has 0 saturated carbocycles. The zero-order valence-corrected chi connectivity index (χ0v) is 15.9. The Morgan fingerprint density at radius 1 is 1.17 bits per heavy atom. The van der Waals surface area contributed by atoms with Gasteiger partial charge in [0.1, 0.15) is 17.3 Å². The second-order valence-electron chi connectivity index (χ2n) is 7.21. The number of Topliss-reactive ketones (excluding diaryl/α,β-unsaturated/α-hetero) is 1. The monoisotopic (exact) mass is 402 g/mol. The first kappa shape index (κ1) is 18.2. The van der Waals surface area contributed by atoms with Crippen LogP contribution in [0, 0.1) is 0 Å². The Bertz CT molecular complexity index is 1150. The number of benzene rings is 1. The molecule has 1 saturated heterocycles. The zero-order valence-electron chi connectivity index (χ0n) is 15.9. The van der Waals surface area contributed by atoms with E-state index in [1.807, 2.05) is 0 Å². The predicted molar refractivity (Wildman–Crippen MR) is 106 cm³/mol. The number of pyridine rings is 1. The number of aliphatic hydroxyl groups excluding tert-OH is 1. The summed E-state index contributed by atoms with van der Waals surface area (Å²) in [7, 11) is 0. The lowest BCUT2D eigenvalue weighted by Gasteiger charge is -2.24. The minimum atomic E-state index is -0.748. The number of nitrogens with zero attached hydrogens (tertiary/aromatic N) is 2. The van der Waals surface area contributed by atoms with Crippen LogP contribution in [-0.2, 0) is 22.6 Å². The van der Waals surface area contributed by atoms with Gasteiger partial charge in [0.2, 0.25) is 0 Å². The molecular formula is C23H18N2O5. The normalized spacial score (nSPS) is 19.7. The minimum absolute atomic E-state index is 0.0524. The highest BCUT2D eigenvalue weighted by Gasteiger charge is 2.46. The maximum Gasteiger partial charge on any atom is 0.296 e. The zero-order chi connectivity index (χ0) is 20.7. The number of aliphatic hydroxyl groups is 1. The van der Waals surface area contributed by atoms with Crippen molar-refractivity contribution in [2.45, 2.75) is 19.0 Å². The molecule has 2 aromatic heterocycles. The Kier molecular flexibility index (Phi) is 4.35. The summed E-state index contributed by atoms with van der Waals surface area (Å²) in [5.41, 5.74) is 2.18. The molecule has 4 heterocycles. The molecule has 0 bridgehead atoms. The smallest absolute Gasteiger partial charge is 0.296 e. The standard InChI is InChI=1S/C23H18N2O5/c26-21(16-3-4-18-15(12-16)7-11-30-18)19-20(14-5-8-24-9-6-14)25(23(28)22(19)27)13-17-2-1-10-29-17/h1-6,8-10,12,20,26H,7,11,13H2/b21-19-. The van der Waals surface area contributed by atoms with Gasteiger partial charge in [-0.2, -0.15) is 0 Å². The highest BCUT2D eigenvalue weighted by atomic mass is 16.5. The topological polar surface area (TPSA) is 92.9 Å². The Morgan fingerprint density at radius 2 is 2.00 bits per heavy atom. The number of carbonyl (C=O) groups is 2. The number of ether oxygens (including phenoxy) is 1. The second-order valence-corrected chi connectivity index (χ2v) is 7.21. The van der Waals surface area contributed by atoms with Crippen molar-refractivity contribution in [1.29, 1.82) is 0 Å². The van der Waals surface area contributed by atoms with Crippen molar-refractivity contribution in [2.75, 3.05) is 6.61 Å². The number of fused-ring (bicyclic) bond motifs is 1. The molecule has 1 N–H and O–H groups in total. The van der Waals surface area contributed by atoms with E-state index >= 15 is 0 Å². The summed E-state index contributed by atoms with van der Waals surface area (Å²) in [6.45, 7) is 0.698. The highest BCUT2D eigenvalue weighted by molar-refractivity contribution is 6.46. The molecule has 2 aliphatic heterocycles. The number of rotatable bonds is 4. The van der Waals surface area contributed by atoms with Crippen LogP contribution in [0.1, 0.15) is 28.5 Å². The molecular weight excluding hydrogens is 384 g/mol. The Balaban J connectivity index is 1.64. The first-order valence-electron chi connectivity index (χ1n) is 9.60. The molecule has 1 unspecified atom stereocenters. The predicted octanol–water partition coefficient (Wildman–Crippen LogP) is 3.23. The fourth-order valence-electron chi connectivity index (χ4n) is 4.00. The maximum absolute atomic E-state index is 13.0. The van der Waals surface area contributed by atoms with Crippen molar-refractivity contribution < 1.29 is 23.8 Å². The fourth-order valence-corrected chi connectivity index (χ4v) is 4.00. The van der Waals surface area contributed by atoms with E-state index in [4.69, 9.17) is 9.15 Å². The van der Waals surface area contributed by atoms with E-state index in [9.17, 15) is 14.7 Å². The Hall–Kier alpha value is -3.87. The average molecular weight is 402 g/mol. The molecule has 0 aliphatic carbocycles. The molecule has 1 aromatic carbocycles. The van der Waals surface area contributed by atoms with E-state index < -0.39 is 17.7 Å². The second kappa shape index (κ2) is 7.18. The van der Waals surface area contributed by atoms with Crippen LogP contribution in [-0.4, -0.2) is 33.3 Å². The molecule has 150 valence electrons. The van der Waals surface area contributed by atoms with Crippen molar-refractivity contribution in [3.63, 3.8) is 0 Å². The van der Waals surface area contributed by atoms with Crippen molar-refractivity contribution in [1.82, 2.24) is 9.88 Å².